The highest BCUT2D eigenvalue weighted by Gasteiger charge is 2.51. The van der Waals surface area contributed by atoms with Gasteiger partial charge in [0.2, 0.25) is 11.8 Å². The minimum absolute atomic E-state index is 0.175. The van der Waals surface area contributed by atoms with Gasteiger partial charge in [-0.3, -0.25) is 19.9 Å². The van der Waals surface area contributed by atoms with Crippen LogP contribution in [0.5, 0.6) is 0 Å². The second kappa shape index (κ2) is 13.8. The summed E-state index contributed by atoms with van der Waals surface area (Å²) in [6.07, 6.45) is 5.15. The number of aromatic nitrogens is 5. The molecule has 0 radical (unpaired) electrons. The molecule has 1 aliphatic rings. The van der Waals surface area contributed by atoms with Gasteiger partial charge in [-0.05, 0) is 63.6 Å². The van der Waals surface area contributed by atoms with E-state index in [0.717, 1.165) is 27.8 Å². The van der Waals surface area contributed by atoms with Crippen LogP contribution in [0.4, 0.5) is 0 Å². The van der Waals surface area contributed by atoms with Crippen molar-refractivity contribution in [2.45, 2.75) is 50.7 Å². The van der Waals surface area contributed by atoms with Crippen LogP contribution in [0.3, 0.4) is 0 Å². The highest BCUT2D eigenvalue weighted by Crippen LogP contribution is 2.35. The molecule has 0 saturated carbocycles. The summed E-state index contributed by atoms with van der Waals surface area (Å²) in [4.78, 5) is 45.6. The molecular formula is C36H35N7O4. The van der Waals surface area contributed by atoms with Crippen LogP contribution in [-0.4, -0.2) is 65.2 Å². The molecule has 6 rings (SSSR count). The number of carboxylic acids is 1. The molecule has 1 aliphatic heterocycles. The molecular weight excluding hydrogens is 594 g/mol. The molecule has 11 heteroatoms. The van der Waals surface area contributed by atoms with E-state index in [1.54, 1.807) is 18.5 Å². The number of hydrogen-bond donors (Lipinski definition) is 2. The summed E-state index contributed by atoms with van der Waals surface area (Å²) in [6, 6.07) is 28.3. The Bertz CT molecular complexity index is 1820. The minimum Gasteiger partial charge on any atom is -0.478 e. The summed E-state index contributed by atoms with van der Waals surface area (Å²) in [5.74, 6) is -1.88. The van der Waals surface area contributed by atoms with Crippen LogP contribution < -0.4 is 5.32 Å². The molecule has 1 amide bonds. The summed E-state index contributed by atoms with van der Waals surface area (Å²) in [5.41, 5.74) is 3.21. The first-order valence-corrected chi connectivity index (χ1v) is 15.7. The lowest BCUT2D eigenvalue weighted by Gasteiger charge is -2.37. The standard InChI is InChI=1S/C36H35N7O4/c1-2-10-31(44)43-33(39-40-41-43)30-15-7-6-14-29(30)26-18-16-25(17-19-26)23-38-36(35(46)47)20-9-22-42(36)34(45)32(27-11-4-3-5-12-27)28-13-8-21-37-24-28/h3-8,11-19,21,24,32,38H,2,9-10,20,22-23H2,1H3,(H,46,47). The normalized spacial score (nSPS) is 16.6. The Hall–Kier alpha value is -5.55. The molecule has 3 aromatic carbocycles. The number of amides is 1. The predicted octanol–water partition coefficient (Wildman–Crippen LogP) is 5.17. The fraction of sp³-hybridized carbons (Fsp3) is 0.250. The molecule has 0 spiro atoms. The van der Waals surface area contributed by atoms with E-state index in [4.69, 9.17) is 0 Å². The third kappa shape index (κ3) is 6.30. The van der Waals surface area contributed by atoms with Crippen LogP contribution in [0, 0.1) is 0 Å². The van der Waals surface area contributed by atoms with Gasteiger partial charge in [0, 0.05) is 37.5 Å². The lowest BCUT2D eigenvalue weighted by molar-refractivity contribution is -0.159. The zero-order chi connectivity index (χ0) is 32.8. The van der Waals surface area contributed by atoms with E-state index >= 15 is 0 Å². The van der Waals surface area contributed by atoms with Gasteiger partial charge in [0.05, 0.1) is 5.92 Å². The zero-order valence-corrected chi connectivity index (χ0v) is 26.0. The maximum Gasteiger partial charge on any atom is 0.344 e. The second-order valence-electron chi connectivity index (χ2n) is 11.5. The van der Waals surface area contributed by atoms with Gasteiger partial charge in [-0.1, -0.05) is 91.9 Å². The van der Waals surface area contributed by atoms with E-state index in [2.05, 4.69) is 25.8 Å². The molecule has 3 heterocycles. The highest BCUT2D eigenvalue weighted by molar-refractivity contribution is 5.93. The van der Waals surface area contributed by atoms with Gasteiger partial charge in [-0.25, -0.2) is 4.79 Å². The van der Waals surface area contributed by atoms with Crippen molar-refractivity contribution in [2.24, 2.45) is 0 Å². The number of tetrazole rings is 1. The van der Waals surface area contributed by atoms with E-state index in [9.17, 15) is 19.5 Å². The van der Waals surface area contributed by atoms with Crippen molar-refractivity contribution in [1.82, 2.24) is 35.4 Å². The van der Waals surface area contributed by atoms with E-state index < -0.39 is 17.6 Å². The lowest BCUT2D eigenvalue weighted by Crippen LogP contribution is -2.63. The first kappa shape index (κ1) is 31.4. The molecule has 238 valence electrons. The fourth-order valence-corrected chi connectivity index (χ4v) is 6.25. The number of likely N-dealkylation sites (tertiary alicyclic amines) is 1. The van der Waals surface area contributed by atoms with Crippen molar-refractivity contribution in [3.63, 3.8) is 0 Å². The molecule has 11 nitrogen and oxygen atoms in total. The van der Waals surface area contributed by atoms with Crippen molar-refractivity contribution in [2.75, 3.05) is 6.54 Å². The molecule has 0 aliphatic carbocycles. The topological polar surface area (TPSA) is 143 Å². The molecule has 0 bridgehead atoms. The number of carboxylic acid groups (broad SMARTS) is 1. The van der Waals surface area contributed by atoms with Crippen LogP contribution in [0.1, 0.15) is 60.0 Å². The van der Waals surface area contributed by atoms with Crippen LogP contribution in [0.15, 0.2) is 103 Å². The summed E-state index contributed by atoms with van der Waals surface area (Å²) in [6.45, 7) is 2.47. The maximum absolute atomic E-state index is 14.3. The van der Waals surface area contributed by atoms with Gasteiger partial charge in [0.15, 0.2) is 11.5 Å². The zero-order valence-electron chi connectivity index (χ0n) is 26.0. The number of carbonyl (C=O) groups is 3. The number of hydrogen-bond acceptors (Lipinski definition) is 8. The summed E-state index contributed by atoms with van der Waals surface area (Å²) >= 11 is 0. The van der Waals surface area contributed by atoms with Gasteiger partial charge in [0.25, 0.3) is 0 Å². The largest absolute Gasteiger partial charge is 0.478 e. The predicted molar refractivity (Wildman–Crippen MR) is 175 cm³/mol. The van der Waals surface area contributed by atoms with Gasteiger partial charge in [-0.2, -0.15) is 4.68 Å². The summed E-state index contributed by atoms with van der Waals surface area (Å²) < 4.78 is 1.25. The van der Waals surface area contributed by atoms with E-state index in [1.165, 1.54) is 9.58 Å². The fourth-order valence-electron chi connectivity index (χ4n) is 6.25. The van der Waals surface area contributed by atoms with Crippen molar-refractivity contribution in [1.29, 1.82) is 0 Å². The third-order valence-corrected chi connectivity index (χ3v) is 8.59. The number of benzene rings is 3. The van der Waals surface area contributed by atoms with E-state index in [0.29, 0.717) is 37.2 Å². The summed E-state index contributed by atoms with van der Waals surface area (Å²) in [7, 11) is 0. The number of nitrogens with zero attached hydrogens (tertiary/aromatic N) is 6. The molecule has 2 aromatic heterocycles. The Kier molecular flexibility index (Phi) is 9.25. The minimum atomic E-state index is -1.57. The van der Waals surface area contributed by atoms with Crippen LogP contribution in [0.2, 0.25) is 0 Å². The van der Waals surface area contributed by atoms with E-state index in [-0.39, 0.29) is 24.8 Å². The molecule has 1 saturated heterocycles. The molecule has 2 atom stereocenters. The molecule has 47 heavy (non-hydrogen) atoms. The first-order chi connectivity index (χ1) is 22.9. The van der Waals surface area contributed by atoms with Crippen molar-refractivity contribution < 1.29 is 19.5 Å². The number of pyridine rings is 1. The number of nitrogens with one attached hydrogen (secondary N) is 1. The van der Waals surface area contributed by atoms with Gasteiger partial charge < -0.3 is 10.0 Å². The third-order valence-electron chi connectivity index (χ3n) is 8.59. The Balaban J connectivity index is 1.24. The number of rotatable bonds is 11. The molecule has 2 N–H and O–H groups in total. The molecule has 1 fully saturated rings. The monoisotopic (exact) mass is 629 g/mol. The second-order valence-corrected chi connectivity index (χ2v) is 11.5. The Morgan fingerprint density at radius 1 is 0.915 bits per heavy atom. The van der Waals surface area contributed by atoms with Crippen LogP contribution in [-0.2, 0) is 16.1 Å². The van der Waals surface area contributed by atoms with Crippen LogP contribution in [0.25, 0.3) is 22.5 Å². The van der Waals surface area contributed by atoms with Gasteiger partial charge in [-0.15, -0.1) is 5.10 Å². The van der Waals surface area contributed by atoms with E-state index in [1.807, 2.05) is 91.9 Å². The quantitative estimate of drug-likeness (QED) is 0.189. The van der Waals surface area contributed by atoms with Crippen molar-refractivity contribution >= 4 is 17.8 Å². The first-order valence-electron chi connectivity index (χ1n) is 15.7. The Labute approximate surface area is 272 Å². The lowest BCUT2D eigenvalue weighted by atomic mass is 9.90. The van der Waals surface area contributed by atoms with Crippen molar-refractivity contribution in [3.05, 3.63) is 120 Å². The van der Waals surface area contributed by atoms with Gasteiger partial charge in [0.1, 0.15) is 0 Å². The van der Waals surface area contributed by atoms with Crippen LogP contribution >= 0.6 is 0 Å². The average molecular weight is 630 g/mol. The smallest absolute Gasteiger partial charge is 0.344 e. The number of carbonyl (C=O) groups excluding carboxylic acids is 2. The maximum atomic E-state index is 14.3. The number of aliphatic carboxylic acids is 1. The molecule has 2 unspecified atom stereocenters. The average Bonchev–Trinajstić information content (AvgIpc) is 3.78. The highest BCUT2D eigenvalue weighted by atomic mass is 16.4. The Morgan fingerprint density at radius 2 is 1.64 bits per heavy atom. The van der Waals surface area contributed by atoms with Gasteiger partial charge >= 0.3 is 5.97 Å². The SMILES string of the molecule is CCCC(=O)n1nnnc1-c1ccccc1-c1ccc(CNC2(C(=O)O)CCCN2C(=O)C(c2ccccc2)c2cccnc2)cc1. The Morgan fingerprint density at radius 3 is 2.34 bits per heavy atom. The summed E-state index contributed by atoms with van der Waals surface area (Å²) in [5, 5.41) is 25.6. The molecule has 5 aromatic rings. The van der Waals surface area contributed by atoms with Crippen molar-refractivity contribution in [3.8, 4) is 22.5 Å².